The molecule has 44 heavy (non-hydrogen) atoms. The Labute approximate surface area is 255 Å². The predicted molar refractivity (Wildman–Crippen MR) is 164 cm³/mol. The Bertz CT molecular complexity index is 1400. The Morgan fingerprint density at radius 1 is 0.886 bits per heavy atom. The van der Waals surface area contributed by atoms with Gasteiger partial charge in [-0.25, -0.2) is 4.39 Å². The first kappa shape index (κ1) is 33.5. The van der Waals surface area contributed by atoms with Gasteiger partial charge in [0.1, 0.15) is 11.6 Å². The maximum Gasteiger partial charge on any atom is 0.290 e. The lowest BCUT2D eigenvalue weighted by molar-refractivity contribution is -0.123. The number of piperazine rings is 1. The molecule has 1 saturated carbocycles. The van der Waals surface area contributed by atoms with Crippen LogP contribution in [0, 0.1) is 5.82 Å². The molecule has 0 unspecified atom stereocenters. The number of methoxy groups -OCH3 is 1. The summed E-state index contributed by atoms with van der Waals surface area (Å²) in [6.45, 7) is 3.54. The third-order valence-corrected chi connectivity index (χ3v) is 7.66. The molecule has 2 amide bonds. The van der Waals surface area contributed by atoms with Crippen LogP contribution in [0.5, 0.6) is 5.75 Å². The average molecular weight is 609 g/mol. The van der Waals surface area contributed by atoms with Crippen LogP contribution >= 0.6 is 0 Å². The standard InChI is InChI=1S/C30H33FN4O3.2CH2O2/c1-34-16-18-35(19-17-34)25-11-4-21(5-12-25)28(36)33-30(14-3-15-30)22-6-9-24(10-7-22)32-29(37)26-13-8-23(31)20-27(26)38-2;2*2-1-3/h4-13,20H,3,14-19H2,1-2H3,(H,32,37)(H,33,36);2*1H,(H,2,3). The number of amides is 2. The minimum atomic E-state index is -0.471. The predicted octanol–water partition coefficient (Wildman–Crippen LogP) is 4.05. The number of hydrogen-bond acceptors (Lipinski definition) is 7. The lowest BCUT2D eigenvalue weighted by atomic mass is 9.71. The van der Waals surface area contributed by atoms with Crippen molar-refractivity contribution in [3.8, 4) is 5.75 Å². The lowest BCUT2D eigenvalue weighted by Crippen LogP contribution is -2.50. The van der Waals surface area contributed by atoms with Crippen LogP contribution in [-0.4, -0.2) is 80.2 Å². The molecule has 1 heterocycles. The Morgan fingerprint density at radius 2 is 1.48 bits per heavy atom. The monoisotopic (exact) mass is 608 g/mol. The number of carbonyl (C=O) groups is 4. The average Bonchev–Trinajstić information content (AvgIpc) is 3.00. The summed E-state index contributed by atoms with van der Waals surface area (Å²) in [5.41, 5.74) is 3.22. The first-order valence-corrected chi connectivity index (χ1v) is 14.0. The first-order valence-electron chi connectivity index (χ1n) is 14.0. The fourth-order valence-electron chi connectivity index (χ4n) is 5.12. The third kappa shape index (κ3) is 8.54. The SMILES string of the molecule is COc1cc(F)ccc1C(=O)Nc1ccc(C2(NC(=O)c3ccc(N4CCN(C)CC4)cc3)CCC2)cc1.O=CO.O=CO. The van der Waals surface area contributed by atoms with E-state index >= 15 is 0 Å². The summed E-state index contributed by atoms with van der Waals surface area (Å²) in [6.07, 6.45) is 2.75. The highest BCUT2D eigenvalue weighted by Gasteiger charge is 2.40. The molecule has 1 saturated heterocycles. The van der Waals surface area contributed by atoms with Gasteiger partial charge in [-0.05, 0) is 80.4 Å². The van der Waals surface area contributed by atoms with Gasteiger partial charge >= 0.3 is 0 Å². The number of nitrogens with zero attached hydrogens (tertiary/aromatic N) is 2. The summed E-state index contributed by atoms with van der Waals surface area (Å²) < 4.78 is 18.6. The number of likely N-dealkylation sites (N-methyl/N-ethyl adjacent to an activating group) is 1. The summed E-state index contributed by atoms with van der Waals surface area (Å²) in [4.78, 5) is 47.3. The van der Waals surface area contributed by atoms with E-state index < -0.39 is 11.4 Å². The Balaban J connectivity index is 0.000000816. The van der Waals surface area contributed by atoms with Crippen molar-refractivity contribution >= 4 is 36.1 Å². The van der Waals surface area contributed by atoms with E-state index in [1.807, 2.05) is 48.5 Å². The summed E-state index contributed by atoms with van der Waals surface area (Å²) in [5, 5.41) is 19.9. The lowest BCUT2D eigenvalue weighted by Gasteiger charge is -2.43. The summed E-state index contributed by atoms with van der Waals surface area (Å²) in [6, 6.07) is 19.2. The molecule has 5 rings (SSSR count). The quantitative estimate of drug-likeness (QED) is 0.292. The molecule has 1 aliphatic carbocycles. The molecule has 2 fully saturated rings. The minimum absolute atomic E-state index is 0.0876. The number of carbonyl (C=O) groups excluding carboxylic acids is 2. The zero-order valence-corrected chi connectivity index (χ0v) is 24.7. The number of anilines is 2. The molecular formula is C32H37FN4O7. The maximum atomic E-state index is 13.5. The Kier molecular flexibility index (Phi) is 12.2. The van der Waals surface area contributed by atoms with E-state index in [9.17, 15) is 14.0 Å². The van der Waals surface area contributed by atoms with Gasteiger partial charge in [0.2, 0.25) is 0 Å². The molecule has 12 heteroatoms. The van der Waals surface area contributed by atoms with Crippen LogP contribution in [0.1, 0.15) is 45.5 Å². The van der Waals surface area contributed by atoms with Crippen LogP contribution in [0.2, 0.25) is 0 Å². The molecule has 1 aliphatic heterocycles. The topological polar surface area (TPSA) is 149 Å². The van der Waals surface area contributed by atoms with Crippen molar-refractivity contribution in [2.75, 3.05) is 50.6 Å². The van der Waals surface area contributed by atoms with Gasteiger partial charge in [-0.15, -0.1) is 0 Å². The van der Waals surface area contributed by atoms with Crippen molar-refractivity contribution < 1.29 is 38.5 Å². The highest BCUT2D eigenvalue weighted by molar-refractivity contribution is 6.06. The second kappa shape index (κ2) is 16.0. The van der Waals surface area contributed by atoms with E-state index in [4.69, 9.17) is 24.5 Å². The molecule has 4 N–H and O–H groups in total. The Hall–Kier alpha value is -4.97. The van der Waals surface area contributed by atoms with Gasteiger partial charge in [0.15, 0.2) is 0 Å². The van der Waals surface area contributed by atoms with E-state index in [0.717, 1.165) is 56.7 Å². The van der Waals surface area contributed by atoms with Crippen molar-refractivity contribution in [2.45, 2.75) is 24.8 Å². The third-order valence-electron chi connectivity index (χ3n) is 7.66. The number of carboxylic acid groups (broad SMARTS) is 2. The van der Waals surface area contributed by atoms with Crippen LogP contribution in [-0.2, 0) is 15.1 Å². The van der Waals surface area contributed by atoms with Gasteiger partial charge in [0.25, 0.3) is 24.8 Å². The zero-order chi connectivity index (χ0) is 32.1. The van der Waals surface area contributed by atoms with Gasteiger partial charge in [-0.1, -0.05) is 12.1 Å². The number of ether oxygens (including phenoxy) is 1. The van der Waals surface area contributed by atoms with E-state index in [2.05, 4.69) is 27.5 Å². The Morgan fingerprint density at radius 3 is 2.00 bits per heavy atom. The second-order valence-corrected chi connectivity index (χ2v) is 10.3. The van der Waals surface area contributed by atoms with Gasteiger partial charge in [0, 0.05) is 49.2 Å². The zero-order valence-electron chi connectivity index (χ0n) is 24.7. The summed E-state index contributed by atoms with van der Waals surface area (Å²) in [7, 11) is 3.53. The number of rotatable bonds is 7. The maximum absolute atomic E-state index is 13.5. The van der Waals surface area contributed by atoms with Crippen LogP contribution in [0.4, 0.5) is 15.8 Å². The molecule has 11 nitrogen and oxygen atoms in total. The minimum Gasteiger partial charge on any atom is -0.496 e. The van der Waals surface area contributed by atoms with Crippen molar-refractivity contribution in [1.82, 2.24) is 10.2 Å². The number of benzene rings is 3. The van der Waals surface area contributed by atoms with Gasteiger partial charge < -0.3 is 35.4 Å². The van der Waals surface area contributed by atoms with Crippen LogP contribution in [0.25, 0.3) is 0 Å². The van der Waals surface area contributed by atoms with Crippen molar-refractivity contribution in [3.05, 3.63) is 89.2 Å². The fraction of sp³-hybridized carbons (Fsp3) is 0.312. The molecule has 0 aromatic heterocycles. The number of nitrogens with one attached hydrogen (secondary N) is 2. The van der Waals surface area contributed by atoms with E-state index in [0.29, 0.717) is 11.3 Å². The largest absolute Gasteiger partial charge is 0.496 e. The van der Waals surface area contributed by atoms with Gasteiger partial charge in [-0.3, -0.25) is 19.2 Å². The normalized spacial score (nSPS) is 15.1. The van der Waals surface area contributed by atoms with E-state index in [-0.39, 0.29) is 36.1 Å². The molecule has 0 spiro atoms. The van der Waals surface area contributed by atoms with Gasteiger partial charge in [0.05, 0.1) is 18.2 Å². The fourth-order valence-corrected chi connectivity index (χ4v) is 5.12. The summed E-state index contributed by atoms with van der Waals surface area (Å²) >= 11 is 0. The van der Waals surface area contributed by atoms with Crippen molar-refractivity contribution in [2.24, 2.45) is 0 Å². The van der Waals surface area contributed by atoms with Crippen LogP contribution < -0.4 is 20.3 Å². The van der Waals surface area contributed by atoms with Crippen LogP contribution in [0.15, 0.2) is 66.7 Å². The molecule has 234 valence electrons. The smallest absolute Gasteiger partial charge is 0.290 e. The molecule has 0 atom stereocenters. The molecule has 0 bridgehead atoms. The molecule has 3 aromatic rings. The van der Waals surface area contributed by atoms with Crippen LogP contribution in [0.3, 0.4) is 0 Å². The number of halogens is 1. The van der Waals surface area contributed by atoms with Crippen molar-refractivity contribution in [3.63, 3.8) is 0 Å². The van der Waals surface area contributed by atoms with E-state index in [1.165, 1.54) is 25.3 Å². The highest BCUT2D eigenvalue weighted by Crippen LogP contribution is 2.42. The molecular weight excluding hydrogens is 571 g/mol. The first-order chi connectivity index (χ1) is 21.2. The molecule has 0 radical (unpaired) electrons. The molecule has 2 aliphatic rings. The number of hydrogen-bond donors (Lipinski definition) is 4. The van der Waals surface area contributed by atoms with Gasteiger partial charge in [-0.2, -0.15) is 0 Å². The molecule has 3 aromatic carbocycles. The van der Waals surface area contributed by atoms with E-state index in [1.54, 1.807) is 0 Å². The van der Waals surface area contributed by atoms with Crippen molar-refractivity contribution in [1.29, 1.82) is 0 Å². The second-order valence-electron chi connectivity index (χ2n) is 10.3. The highest BCUT2D eigenvalue weighted by atomic mass is 19.1. The summed E-state index contributed by atoms with van der Waals surface area (Å²) in [5.74, 6) is -0.773.